The standard InChI is InChI=1S/C35H62N14O9/c1-18(2)12-24(44-20(5)51)30(54)47-25(13-19(3)4)31(55)46-22(8-6-10-41-34(36)37)28(52)45-23(9-7-11-42-35(38)39)29(53)48-26(14-21-15-40-17-43-21)32(56)49-27(16-50)33(57)58/h15,17-19,22-27,50H,6-14,16H2,1-5H3,(H,40,43)(H,44,51)(H,45,52)(H,46,55)(H,47,54)(H,48,53)(H,49,56)(H,57,58)(H4,36,37,41)(H4,38,39,42)/t22-,23+,24-,25-,26-,27-/m0/s1. The molecule has 0 fully saturated rings. The first kappa shape index (κ1) is 50.0. The van der Waals surface area contributed by atoms with Gasteiger partial charge in [0, 0.05) is 38.3 Å². The Morgan fingerprint density at radius 3 is 1.43 bits per heavy atom. The van der Waals surface area contributed by atoms with Gasteiger partial charge >= 0.3 is 5.97 Å². The predicted molar refractivity (Wildman–Crippen MR) is 213 cm³/mol. The van der Waals surface area contributed by atoms with Gasteiger partial charge in [-0.25, -0.2) is 9.78 Å². The molecule has 6 atom stereocenters. The summed E-state index contributed by atoms with van der Waals surface area (Å²) in [5, 5.41) is 34.2. The number of hydrogen-bond acceptors (Lipinski definition) is 11. The van der Waals surface area contributed by atoms with Gasteiger partial charge in [0.1, 0.15) is 36.3 Å². The van der Waals surface area contributed by atoms with Crippen molar-refractivity contribution in [2.75, 3.05) is 19.7 Å². The number of carboxylic acids is 1. The van der Waals surface area contributed by atoms with Gasteiger partial charge in [-0.2, -0.15) is 0 Å². The van der Waals surface area contributed by atoms with E-state index in [-0.39, 0.29) is 75.4 Å². The maximum Gasteiger partial charge on any atom is 0.328 e. The highest BCUT2D eigenvalue weighted by Gasteiger charge is 2.33. The molecule has 0 saturated carbocycles. The number of aliphatic imine (C=N–C) groups is 2. The number of aliphatic carboxylic acids is 1. The van der Waals surface area contributed by atoms with Crippen LogP contribution in [0.3, 0.4) is 0 Å². The first-order valence-electron chi connectivity index (χ1n) is 18.9. The molecule has 0 aliphatic heterocycles. The van der Waals surface area contributed by atoms with E-state index in [4.69, 9.17) is 22.9 Å². The minimum absolute atomic E-state index is 0.0243. The minimum Gasteiger partial charge on any atom is -0.480 e. The molecule has 0 spiro atoms. The molecule has 0 aliphatic carbocycles. The van der Waals surface area contributed by atoms with Crippen molar-refractivity contribution in [2.45, 2.75) is 116 Å². The lowest BCUT2D eigenvalue weighted by Crippen LogP contribution is -2.60. The third-order valence-corrected chi connectivity index (χ3v) is 8.31. The maximum absolute atomic E-state index is 14.0. The molecule has 0 bridgehead atoms. The van der Waals surface area contributed by atoms with Gasteiger partial charge in [-0.05, 0) is 50.4 Å². The van der Waals surface area contributed by atoms with Gasteiger partial charge in [0.25, 0.3) is 0 Å². The fourth-order valence-electron chi connectivity index (χ4n) is 5.57. The van der Waals surface area contributed by atoms with Crippen LogP contribution in [0.1, 0.15) is 78.8 Å². The number of hydrogen-bond donors (Lipinski definition) is 13. The first-order valence-corrected chi connectivity index (χ1v) is 18.9. The van der Waals surface area contributed by atoms with Crippen molar-refractivity contribution in [1.29, 1.82) is 0 Å². The fraction of sp³-hybridized carbons (Fsp3) is 0.657. The van der Waals surface area contributed by atoms with Crippen molar-refractivity contribution in [1.82, 2.24) is 41.9 Å². The lowest BCUT2D eigenvalue weighted by atomic mass is 9.99. The van der Waals surface area contributed by atoms with Gasteiger partial charge in [0.15, 0.2) is 11.9 Å². The topological polar surface area (TPSA) is 390 Å². The lowest BCUT2D eigenvalue weighted by molar-refractivity contribution is -0.143. The Hall–Kier alpha value is -6.00. The summed E-state index contributed by atoms with van der Waals surface area (Å²) < 4.78 is 0. The van der Waals surface area contributed by atoms with Crippen LogP contribution in [-0.4, -0.2) is 129 Å². The second kappa shape index (κ2) is 26.0. The van der Waals surface area contributed by atoms with Crippen molar-refractivity contribution >= 4 is 53.3 Å². The average molecular weight is 823 g/mol. The largest absolute Gasteiger partial charge is 0.480 e. The zero-order valence-electron chi connectivity index (χ0n) is 33.7. The van der Waals surface area contributed by atoms with Crippen molar-refractivity contribution in [3.05, 3.63) is 18.2 Å². The molecule has 0 saturated heterocycles. The molecule has 1 aromatic rings. The molecule has 6 amide bonds. The van der Waals surface area contributed by atoms with E-state index in [0.29, 0.717) is 12.1 Å². The molecule has 1 aromatic heterocycles. The molecule has 0 radical (unpaired) electrons. The van der Waals surface area contributed by atoms with Crippen LogP contribution in [-0.2, 0) is 40.0 Å². The lowest BCUT2D eigenvalue weighted by Gasteiger charge is -2.28. The summed E-state index contributed by atoms with van der Waals surface area (Å²) in [4.78, 5) is 106. The highest BCUT2D eigenvalue weighted by atomic mass is 16.4. The number of carbonyl (C=O) groups is 7. The van der Waals surface area contributed by atoms with Crippen LogP contribution in [0.5, 0.6) is 0 Å². The number of rotatable bonds is 27. The van der Waals surface area contributed by atoms with Crippen LogP contribution in [0.25, 0.3) is 0 Å². The molecule has 1 rings (SSSR count). The third-order valence-electron chi connectivity index (χ3n) is 8.31. The molecule has 0 unspecified atom stereocenters. The van der Waals surface area contributed by atoms with Crippen LogP contribution < -0.4 is 54.8 Å². The monoisotopic (exact) mass is 822 g/mol. The van der Waals surface area contributed by atoms with E-state index in [9.17, 15) is 43.8 Å². The summed E-state index contributed by atoms with van der Waals surface area (Å²) in [6.07, 6.45) is 3.27. The van der Waals surface area contributed by atoms with E-state index in [0.717, 1.165) is 0 Å². The molecule has 58 heavy (non-hydrogen) atoms. The summed E-state index contributed by atoms with van der Waals surface area (Å²) in [6.45, 7) is 7.91. The number of nitrogens with zero attached hydrogens (tertiary/aromatic N) is 3. The molecule has 1 heterocycles. The molecule has 23 nitrogen and oxygen atoms in total. The van der Waals surface area contributed by atoms with E-state index in [1.807, 2.05) is 27.7 Å². The Labute approximate surface area is 337 Å². The number of imidazole rings is 1. The highest BCUT2D eigenvalue weighted by Crippen LogP contribution is 2.11. The quantitative estimate of drug-likeness (QED) is 0.0230. The minimum atomic E-state index is -1.68. The number of carbonyl (C=O) groups excluding carboxylic acids is 6. The van der Waals surface area contributed by atoms with Gasteiger partial charge in [-0.3, -0.25) is 38.8 Å². The first-order chi connectivity index (χ1) is 27.2. The van der Waals surface area contributed by atoms with Crippen LogP contribution >= 0.6 is 0 Å². The number of aromatic nitrogens is 2. The van der Waals surface area contributed by atoms with Gasteiger partial charge in [-0.15, -0.1) is 0 Å². The molecular formula is C35H62N14O9. The zero-order valence-corrected chi connectivity index (χ0v) is 33.7. The normalized spacial score (nSPS) is 14.1. The number of guanidine groups is 2. The number of amides is 6. The summed E-state index contributed by atoms with van der Waals surface area (Å²) in [6, 6.07) is -7.79. The predicted octanol–water partition coefficient (Wildman–Crippen LogP) is -3.84. The van der Waals surface area contributed by atoms with Crippen molar-refractivity contribution in [3.63, 3.8) is 0 Å². The van der Waals surface area contributed by atoms with Crippen molar-refractivity contribution in [3.8, 4) is 0 Å². The maximum atomic E-state index is 14.0. The number of aliphatic hydroxyl groups excluding tert-OH is 1. The molecule has 23 heteroatoms. The van der Waals surface area contributed by atoms with E-state index in [2.05, 4.69) is 51.9 Å². The summed E-state index contributed by atoms with van der Waals surface area (Å²) in [5.74, 6) is -6.34. The van der Waals surface area contributed by atoms with Gasteiger partial charge in [0.2, 0.25) is 35.4 Å². The third kappa shape index (κ3) is 20.2. The number of aliphatic hydroxyl groups is 1. The Morgan fingerprint density at radius 1 is 0.655 bits per heavy atom. The number of carboxylic acid groups (broad SMARTS) is 1. The Kier molecular flexibility index (Phi) is 22.4. The Morgan fingerprint density at radius 2 is 1.05 bits per heavy atom. The van der Waals surface area contributed by atoms with Gasteiger partial charge in [0.05, 0.1) is 12.9 Å². The van der Waals surface area contributed by atoms with E-state index >= 15 is 0 Å². The SMILES string of the molecule is CC(=O)N[C@@H](CC(C)C)C(=O)N[C@@H](CC(C)C)C(=O)N[C@@H](CCCN=C(N)N)C(=O)N[C@H](CCCN=C(N)N)C(=O)N[C@@H](Cc1cnc[nH]1)C(=O)N[C@@H](CO)C(=O)O. The van der Waals surface area contributed by atoms with Crippen molar-refractivity contribution in [2.24, 2.45) is 44.8 Å². The molecule has 17 N–H and O–H groups in total. The van der Waals surface area contributed by atoms with Crippen LogP contribution in [0, 0.1) is 11.8 Å². The van der Waals surface area contributed by atoms with Crippen LogP contribution in [0.2, 0.25) is 0 Å². The number of nitrogens with one attached hydrogen (secondary N) is 7. The summed E-state index contributed by atoms with van der Waals surface area (Å²) in [7, 11) is 0. The summed E-state index contributed by atoms with van der Waals surface area (Å²) >= 11 is 0. The summed E-state index contributed by atoms with van der Waals surface area (Å²) in [5.41, 5.74) is 22.2. The van der Waals surface area contributed by atoms with Crippen LogP contribution in [0.4, 0.5) is 0 Å². The smallest absolute Gasteiger partial charge is 0.328 e. The number of H-pyrrole nitrogens is 1. The number of nitrogens with two attached hydrogens (primary N) is 4. The Balaban J connectivity index is 3.49. The Bertz CT molecular complexity index is 1560. The molecular weight excluding hydrogens is 760 g/mol. The van der Waals surface area contributed by atoms with Crippen molar-refractivity contribution < 1.29 is 43.8 Å². The fourth-order valence-corrected chi connectivity index (χ4v) is 5.57. The molecule has 326 valence electrons. The van der Waals surface area contributed by atoms with Crippen LogP contribution in [0.15, 0.2) is 22.5 Å². The van der Waals surface area contributed by atoms with E-state index in [1.54, 1.807) is 0 Å². The van der Waals surface area contributed by atoms with Gasteiger partial charge in [-0.1, -0.05) is 27.7 Å². The second-order valence-corrected chi connectivity index (χ2v) is 14.5. The van der Waals surface area contributed by atoms with E-state index in [1.165, 1.54) is 19.4 Å². The molecule has 0 aliphatic rings. The average Bonchev–Trinajstić information content (AvgIpc) is 3.64. The zero-order chi connectivity index (χ0) is 43.9. The number of aromatic amines is 1. The molecule has 0 aromatic carbocycles. The highest BCUT2D eigenvalue weighted by molar-refractivity contribution is 5.96. The van der Waals surface area contributed by atoms with Gasteiger partial charge < -0.3 is 70.0 Å². The van der Waals surface area contributed by atoms with E-state index < -0.39 is 84.3 Å². The second-order valence-electron chi connectivity index (χ2n) is 14.5.